The van der Waals surface area contributed by atoms with E-state index in [4.69, 9.17) is 5.73 Å². The predicted octanol–water partition coefficient (Wildman–Crippen LogP) is 0.223. The molecule has 102 valence electrons. The number of nitrogens with two attached hydrogens (primary N) is 1. The largest absolute Gasteiger partial charge is 0.550 e. The number of urea groups is 1. The molecule has 2 atom stereocenters. The first-order chi connectivity index (χ1) is 8.13. The molecule has 6 nitrogen and oxygen atoms in total. The molecule has 0 radical (unpaired) electrons. The number of amides is 2. The van der Waals surface area contributed by atoms with Crippen molar-refractivity contribution in [1.29, 1.82) is 0 Å². The van der Waals surface area contributed by atoms with Gasteiger partial charge in [-0.2, -0.15) is 5.10 Å². The summed E-state index contributed by atoms with van der Waals surface area (Å²) in [6, 6.07) is -0.731. The highest BCUT2D eigenvalue weighted by Crippen LogP contribution is 2.56. The van der Waals surface area contributed by atoms with E-state index in [0.29, 0.717) is 18.6 Å². The van der Waals surface area contributed by atoms with Crippen molar-refractivity contribution in [2.75, 3.05) is 0 Å². The van der Waals surface area contributed by atoms with Crippen molar-refractivity contribution in [3.05, 3.63) is 0 Å². The van der Waals surface area contributed by atoms with Crippen LogP contribution in [0.5, 0.6) is 0 Å². The number of hydrogen-bond donors (Lipinski definition) is 2. The van der Waals surface area contributed by atoms with E-state index in [-0.39, 0.29) is 0 Å². The molecule has 3 N–H and O–H groups in total. The Morgan fingerprint density at radius 3 is 2.33 bits per heavy atom. The second-order valence-electron chi connectivity index (χ2n) is 5.64. The van der Waals surface area contributed by atoms with Gasteiger partial charge in [0.15, 0.2) is 0 Å². The summed E-state index contributed by atoms with van der Waals surface area (Å²) in [5.41, 5.74) is 6.94. The molecule has 1 aliphatic carbocycles. The van der Waals surface area contributed by atoms with E-state index in [2.05, 4.69) is 10.5 Å². The van der Waals surface area contributed by atoms with E-state index in [1.807, 2.05) is 20.8 Å². The van der Waals surface area contributed by atoms with Gasteiger partial charge in [-0.15, -0.1) is 0 Å². The van der Waals surface area contributed by atoms with Crippen LogP contribution in [-0.2, 0) is 4.79 Å². The summed E-state index contributed by atoms with van der Waals surface area (Å²) in [5.74, 6) is -1.54. The highest BCUT2D eigenvalue weighted by Gasteiger charge is 2.53. The maximum absolute atomic E-state index is 11.2. The molecule has 6 heteroatoms. The lowest BCUT2D eigenvalue weighted by molar-refractivity contribution is -0.314. The van der Waals surface area contributed by atoms with Crippen LogP contribution in [-0.4, -0.2) is 17.7 Å². The maximum atomic E-state index is 11.2. The summed E-state index contributed by atoms with van der Waals surface area (Å²) in [6.07, 6.45) is 1.24. The molecule has 2 amide bonds. The van der Waals surface area contributed by atoms with Gasteiger partial charge in [0.2, 0.25) is 0 Å². The fraction of sp³-hybridized carbons (Fsp3) is 0.750. The van der Waals surface area contributed by atoms with Crippen molar-refractivity contribution >= 4 is 17.7 Å². The average molecular weight is 254 g/mol. The van der Waals surface area contributed by atoms with E-state index in [1.54, 1.807) is 6.92 Å². The topological polar surface area (TPSA) is 108 Å². The van der Waals surface area contributed by atoms with Gasteiger partial charge < -0.3 is 15.6 Å². The van der Waals surface area contributed by atoms with Crippen LogP contribution in [0.15, 0.2) is 5.10 Å². The summed E-state index contributed by atoms with van der Waals surface area (Å²) in [6.45, 7) is 7.51. The van der Waals surface area contributed by atoms with E-state index in [1.165, 1.54) is 0 Å². The Morgan fingerprint density at radius 1 is 1.39 bits per heavy atom. The highest BCUT2D eigenvalue weighted by molar-refractivity contribution is 5.90. The molecule has 0 heterocycles. The SMILES string of the molecule is C/C(=N/NC(N)=O)[C@]1(C)CC[C@@H](C(=O)[O-])C1(C)C. The zero-order chi connectivity index (χ0) is 14.1. The number of primary amides is 1. The summed E-state index contributed by atoms with van der Waals surface area (Å²) in [4.78, 5) is 21.8. The lowest BCUT2D eigenvalue weighted by Gasteiger charge is -2.42. The number of hydrazone groups is 1. The fourth-order valence-electron chi connectivity index (χ4n) is 2.82. The Bertz CT molecular complexity index is 403. The molecule has 0 aromatic heterocycles. The van der Waals surface area contributed by atoms with Crippen LogP contribution < -0.4 is 16.3 Å². The molecule has 1 rings (SSSR count). The van der Waals surface area contributed by atoms with Gasteiger partial charge in [0.05, 0.1) is 0 Å². The van der Waals surface area contributed by atoms with E-state index >= 15 is 0 Å². The van der Waals surface area contributed by atoms with Crippen LogP contribution in [0.2, 0.25) is 0 Å². The Morgan fingerprint density at radius 2 is 1.94 bits per heavy atom. The van der Waals surface area contributed by atoms with E-state index in [0.717, 1.165) is 0 Å². The minimum atomic E-state index is -1.03. The first kappa shape index (κ1) is 14.5. The van der Waals surface area contributed by atoms with E-state index < -0.39 is 28.7 Å². The quantitative estimate of drug-likeness (QED) is 0.555. The van der Waals surface area contributed by atoms with Crippen molar-refractivity contribution in [3.8, 4) is 0 Å². The molecule has 0 aromatic carbocycles. The third-order valence-corrected chi connectivity index (χ3v) is 4.64. The summed E-state index contributed by atoms with van der Waals surface area (Å²) in [5, 5.41) is 15.1. The summed E-state index contributed by atoms with van der Waals surface area (Å²) >= 11 is 0. The molecule has 0 saturated heterocycles. The Labute approximate surface area is 107 Å². The second-order valence-corrected chi connectivity index (χ2v) is 5.64. The fourth-order valence-corrected chi connectivity index (χ4v) is 2.82. The molecule has 1 saturated carbocycles. The van der Waals surface area contributed by atoms with Crippen molar-refractivity contribution < 1.29 is 14.7 Å². The molecule has 1 fully saturated rings. The first-order valence-electron chi connectivity index (χ1n) is 5.94. The molecule has 0 aliphatic heterocycles. The average Bonchev–Trinajstić information content (AvgIpc) is 2.47. The Balaban J connectivity index is 3.04. The number of hydrogen-bond acceptors (Lipinski definition) is 4. The number of nitrogens with one attached hydrogen (secondary N) is 1. The molecule has 0 bridgehead atoms. The number of aliphatic carboxylic acids is 1. The molecular weight excluding hydrogens is 234 g/mol. The summed E-state index contributed by atoms with van der Waals surface area (Å²) < 4.78 is 0. The lowest BCUT2D eigenvalue weighted by Crippen LogP contribution is -2.46. The van der Waals surface area contributed by atoms with Crippen LogP contribution in [0.1, 0.15) is 40.5 Å². The van der Waals surface area contributed by atoms with Gasteiger partial charge in [-0.3, -0.25) is 0 Å². The smallest absolute Gasteiger partial charge is 0.332 e. The van der Waals surface area contributed by atoms with Gasteiger partial charge >= 0.3 is 6.03 Å². The molecule has 0 unspecified atom stereocenters. The van der Waals surface area contributed by atoms with E-state index in [9.17, 15) is 14.7 Å². The normalized spacial score (nSPS) is 31.1. The molecule has 1 aliphatic rings. The van der Waals surface area contributed by atoms with Crippen LogP contribution >= 0.6 is 0 Å². The number of carbonyl (C=O) groups excluding carboxylic acids is 2. The number of carboxylic acid groups (broad SMARTS) is 1. The standard InChI is InChI=1S/C12H21N3O3/c1-7(14-15-10(13)18)12(4)6-5-8(9(16)17)11(12,2)3/h8H,5-6H2,1-4H3,(H,16,17)(H3,13,15,18)/p-1/b14-7-/t8-,12-/m0/s1. The molecule has 18 heavy (non-hydrogen) atoms. The lowest BCUT2D eigenvalue weighted by atomic mass is 9.63. The zero-order valence-electron chi connectivity index (χ0n) is 11.2. The number of carbonyl (C=O) groups is 2. The minimum absolute atomic E-state index is 0.403. The number of nitrogens with zero attached hydrogens (tertiary/aromatic N) is 1. The van der Waals surface area contributed by atoms with Gasteiger partial charge in [0.25, 0.3) is 0 Å². The van der Waals surface area contributed by atoms with Gasteiger partial charge in [-0.1, -0.05) is 20.8 Å². The Hall–Kier alpha value is -1.59. The van der Waals surface area contributed by atoms with Gasteiger partial charge in [0, 0.05) is 23.0 Å². The minimum Gasteiger partial charge on any atom is -0.550 e. The molecular formula is C12H20N3O3-. The summed E-state index contributed by atoms with van der Waals surface area (Å²) in [7, 11) is 0. The molecule has 0 spiro atoms. The third-order valence-electron chi connectivity index (χ3n) is 4.64. The number of carboxylic acids is 1. The van der Waals surface area contributed by atoms with Crippen molar-refractivity contribution in [3.63, 3.8) is 0 Å². The van der Waals surface area contributed by atoms with Crippen LogP contribution in [0, 0.1) is 16.7 Å². The Kier molecular flexibility index (Phi) is 3.69. The van der Waals surface area contributed by atoms with Crippen LogP contribution in [0.4, 0.5) is 4.79 Å². The van der Waals surface area contributed by atoms with Crippen molar-refractivity contribution in [2.24, 2.45) is 27.6 Å². The maximum Gasteiger partial charge on any atom is 0.332 e. The molecule has 0 aromatic rings. The second kappa shape index (κ2) is 4.59. The van der Waals surface area contributed by atoms with Crippen molar-refractivity contribution in [1.82, 2.24) is 5.43 Å². The van der Waals surface area contributed by atoms with Gasteiger partial charge in [-0.05, 0) is 25.2 Å². The zero-order valence-corrected chi connectivity index (χ0v) is 11.2. The van der Waals surface area contributed by atoms with Crippen LogP contribution in [0.3, 0.4) is 0 Å². The monoisotopic (exact) mass is 254 g/mol. The highest BCUT2D eigenvalue weighted by atomic mass is 16.4. The van der Waals surface area contributed by atoms with Gasteiger partial charge in [-0.25, -0.2) is 10.2 Å². The third kappa shape index (κ3) is 2.19. The van der Waals surface area contributed by atoms with Gasteiger partial charge in [0.1, 0.15) is 0 Å². The van der Waals surface area contributed by atoms with Crippen LogP contribution in [0.25, 0.3) is 0 Å². The first-order valence-corrected chi connectivity index (χ1v) is 5.94. The number of rotatable bonds is 3. The predicted molar refractivity (Wildman–Crippen MR) is 65.4 cm³/mol. The van der Waals surface area contributed by atoms with Crippen molar-refractivity contribution in [2.45, 2.75) is 40.5 Å².